The first kappa shape index (κ1) is 53.6. The number of likely N-dealkylation sites (N-methyl/N-ethyl adjacent to an activating group) is 2. The fourth-order valence-corrected chi connectivity index (χ4v) is 9.46. The summed E-state index contributed by atoms with van der Waals surface area (Å²) in [4.78, 5) is 101. The minimum atomic E-state index is -5.46. The Labute approximate surface area is 394 Å². The van der Waals surface area contributed by atoms with Crippen LogP contribution < -0.4 is 21.3 Å². The molecule has 0 unspecified atom stereocenters. The maximum absolute atomic E-state index is 14.8. The van der Waals surface area contributed by atoms with E-state index < -0.39 is 127 Å². The lowest BCUT2D eigenvalue weighted by Gasteiger charge is -2.47. The van der Waals surface area contributed by atoms with Crippen LogP contribution in [0.5, 0.6) is 0 Å². The van der Waals surface area contributed by atoms with Gasteiger partial charge in [0.1, 0.15) is 41.9 Å². The molecule has 23 heteroatoms. The molecule has 0 radical (unpaired) electrons. The number of nitrogens with one attached hydrogen (secondary N) is 4. The number of rotatable bonds is 11. The van der Waals surface area contributed by atoms with E-state index in [1.807, 2.05) is 0 Å². The molecule has 1 aromatic rings. The van der Waals surface area contributed by atoms with Crippen LogP contribution in [-0.2, 0) is 40.0 Å². The molecule has 4 aliphatic rings. The van der Waals surface area contributed by atoms with Crippen molar-refractivity contribution in [2.75, 3.05) is 27.2 Å². The lowest BCUT2D eigenvalue weighted by atomic mass is 9.72. The highest BCUT2D eigenvalue weighted by molar-refractivity contribution is 6.33. The standard InChI is InChI=1S/C44H59Cl2F6N7O8/c1-23(2)15-29-37(63)58(5)32(18-25-17-26(45)12-13-28(25)46)36(62)56-42(21-43(48,49)22-42)39(65)53-14-7-6-11-31(34(60)54-29)57(4)38(64)30(16-24-9-8-10-24)55-35(61)33-19-27(47)20-59(33)40(66)41(3,67)44(50,51)52/h12-13,17,23-24,27,29-33,67H,6-11,14-16,18-22H2,1-5H3,(H,53,65)(H,54,60)(H,55,61)(H,56,62)/t27-,29+,30+,31+,32+,33+,41-/m1/s1. The first-order valence-electron chi connectivity index (χ1n) is 22.4. The number of hydrogen-bond acceptors (Lipinski definition) is 8. The van der Waals surface area contributed by atoms with E-state index in [1.165, 1.54) is 32.3 Å². The van der Waals surface area contributed by atoms with Gasteiger partial charge >= 0.3 is 6.18 Å². The van der Waals surface area contributed by atoms with Gasteiger partial charge < -0.3 is 41.1 Å². The molecule has 5 rings (SSSR count). The smallest absolute Gasteiger partial charge is 0.373 e. The Balaban J connectivity index is 1.47. The van der Waals surface area contributed by atoms with Crippen LogP contribution in [0.3, 0.4) is 0 Å². The molecule has 2 aliphatic heterocycles. The zero-order chi connectivity index (χ0) is 50.0. The van der Waals surface area contributed by atoms with Gasteiger partial charge in [-0.25, -0.2) is 13.2 Å². The average Bonchev–Trinajstić information content (AvgIpc) is 3.60. The molecule has 1 aromatic carbocycles. The highest BCUT2D eigenvalue weighted by Gasteiger charge is 2.62. The second-order valence-corrected chi connectivity index (χ2v) is 19.9. The van der Waals surface area contributed by atoms with Crippen LogP contribution in [0.15, 0.2) is 18.2 Å². The summed E-state index contributed by atoms with van der Waals surface area (Å²) in [5, 5.41) is 20.8. The Hall–Kier alpha value is -4.37. The number of carbonyl (C=O) groups is 7. The predicted molar refractivity (Wildman–Crippen MR) is 232 cm³/mol. The molecule has 7 atom stereocenters. The fraction of sp³-hybridized carbons (Fsp3) is 0.705. The van der Waals surface area contributed by atoms with Crippen LogP contribution in [0.4, 0.5) is 26.3 Å². The summed E-state index contributed by atoms with van der Waals surface area (Å²) in [6.07, 6.45) is -8.13. The zero-order valence-corrected chi connectivity index (χ0v) is 39.4. The van der Waals surface area contributed by atoms with E-state index in [4.69, 9.17) is 23.2 Å². The van der Waals surface area contributed by atoms with E-state index in [2.05, 4.69) is 21.3 Å². The van der Waals surface area contributed by atoms with Gasteiger partial charge in [-0.05, 0) is 74.6 Å². The number of nitrogens with zero attached hydrogens (tertiary/aromatic N) is 3. The van der Waals surface area contributed by atoms with Crippen LogP contribution in [0.1, 0.15) is 97.0 Å². The number of benzene rings is 1. The molecule has 0 bridgehead atoms. The van der Waals surface area contributed by atoms with Gasteiger partial charge in [0, 0.05) is 56.4 Å². The number of halogens is 8. The second kappa shape index (κ2) is 21.1. The Morgan fingerprint density at radius 1 is 1.00 bits per heavy atom. The van der Waals surface area contributed by atoms with E-state index in [0.29, 0.717) is 23.3 Å². The highest BCUT2D eigenvalue weighted by Crippen LogP contribution is 2.46. The second-order valence-electron chi connectivity index (χ2n) is 19.1. The van der Waals surface area contributed by atoms with Crippen molar-refractivity contribution < 1.29 is 65.0 Å². The lowest BCUT2D eigenvalue weighted by molar-refractivity contribution is -0.250. The summed E-state index contributed by atoms with van der Waals surface area (Å²) in [6, 6.07) is -3.04. The number of aliphatic hydroxyl groups is 1. The van der Waals surface area contributed by atoms with Gasteiger partial charge in [0.05, 0.1) is 6.54 Å². The van der Waals surface area contributed by atoms with E-state index in [9.17, 15) is 65.0 Å². The van der Waals surface area contributed by atoms with Gasteiger partial charge in [0.25, 0.3) is 11.8 Å². The Morgan fingerprint density at radius 3 is 2.24 bits per heavy atom. The van der Waals surface area contributed by atoms with E-state index in [1.54, 1.807) is 13.8 Å². The van der Waals surface area contributed by atoms with E-state index >= 15 is 0 Å². The first-order valence-corrected chi connectivity index (χ1v) is 23.1. The molecule has 15 nitrogen and oxygen atoms in total. The molecule has 2 aliphatic carbocycles. The molecule has 2 saturated heterocycles. The summed E-state index contributed by atoms with van der Waals surface area (Å²) in [6.45, 7) is 2.70. The van der Waals surface area contributed by atoms with Gasteiger partial charge in [-0.1, -0.05) is 56.3 Å². The minimum Gasteiger partial charge on any atom is -0.373 e. The van der Waals surface area contributed by atoms with Crippen molar-refractivity contribution >= 4 is 64.6 Å². The number of amides is 7. The SMILES string of the molecule is CC(C)C[C@@H]1NC(=O)[C@@H](N(C)C(=O)[C@H](CC2CCC2)NC(=O)[C@@H]2C[C@@H](F)CN2C(=O)[C@@](C)(O)C(F)(F)F)CCCCNC(=O)C2(CC(F)(F)C2)NC(=O)[C@H](Cc2cc(Cl)ccc2Cl)N(C)C1=O. The third kappa shape index (κ3) is 12.5. The molecule has 1 spiro atoms. The van der Waals surface area contributed by atoms with Gasteiger partial charge in [-0.15, -0.1) is 0 Å². The van der Waals surface area contributed by atoms with Gasteiger partial charge in [-0.2, -0.15) is 13.2 Å². The van der Waals surface area contributed by atoms with Gasteiger partial charge in [0.15, 0.2) is 0 Å². The molecular formula is C44H59Cl2F6N7O8. The maximum Gasteiger partial charge on any atom is 0.426 e. The average molecular weight is 999 g/mol. The summed E-state index contributed by atoms with van der Waals surface area (Å²) in [7, 11) is 2.54. The first-order chi connectivity index (χ1) is 31.1. The van der Waals surface area contributed by atoms with Gasteiger partial charge in [0.2, 0.25) is 41.0 Å². The van der Waals surface area contributed by atoms with Crippen molar-refractivity contribution in [1.29, 1.82) is 0 Å². The fourth-order valence-electron chi connectivity index (χ4n) is 9.07. The molecule has 7 amide bonds. The van der Waals surface area contributed by atoms with Crippen LogP contribution in [0.2, 0.25) is 10.0 Å². The van der Waals surface area contributed by atoms with Crippen LogP contribution >= 0.6 is 23.2 Å². The predicted octanol–water partition coefficient (Wildman–Crippen LogP) is 4.23. The van der Waals surface area contributed by atoms with Crippen molar-refractivity contribution in [3.63, 3.8) is 0 Å². The van der Waals surface area contributed by atoms with Crippen molar-refractivity contribution in [3.8, 4) is 0 Å². The van der Waals surface area contributed by atoms with E-state index in [-0.39, 0.29) is 73.9 Å². The minimum absolute atomic E-state index is 0.00934. The third-order valence-electron chi connectivity index (χ3n) is 13.3. The molecule has 2 saturated carbocycles. The van der Waals surface area contributed by atoms with Crippen molar-refractivity contribution in [2.45, 2.75) is 157 Å². The molecule has 2 heterocycles. The molecule has 5 N–H and O–H groups in total. The van der Waals surface area contributed by atoms with Gasteiger partial charge in [-0.3, -0.25) is 33.6 Å². The topological polar surface area (TPSA) is 198 Å². The monoisotopic (exact) mass is 997 g/mol. The summed E-state index contributed by atoms with van der Waals surface area (Å²) >= 11 is 12.7. The van der Waals surface area contributed by atoms with Crippen LogP contribution in [-0.4, -0.2) is 148 Å². The summed E-state index contributed by atoms with van der Waals surface area (Å²) in [5.41, 5.74) is -5.69. The molecule has 4 fully saturated rings. The third-order valence-corrected chi connectivity index (χ3v) is 13.9. The Kier molecular flexibility index (Phi) is 16.9. The number of carbonyl (C=O) groups excluding carboxylic acids is 7. The number of likely N-dealkylation sites (tertiary alicyclic amines) is 1. The molecule has 0 aromatic heterocycles. The maximum atomic E-state index is 14.8. The van der Waals surface area contributed by atoms with Crippen LogP contribution in [0, 0.1) is 11.8 Å². The normalized spacial score (nSPS) is 26.7. The van der Waals surface area contributed by atoms with Crippen LogP contribution in [0.25, 0.3) is 0 Å². The van der Waals surface area contributed by atoms with Crippen molar-refractivity contribution in [2.24, 2.45) is 11.8 Å². The molecule has 67 heavy (non-hydrogen) atoms. The van der Waals surface area contributed by atoms with Crippen molar-refractivity contribution in [1.82, 2.24) is 36.0 Å². The summed E-state index contributed by atoms with van der Waals surface area (Å²) in [5.74, 6) is -11.0. The molecule has 374 valence electrons. The number of alkyl halides is 6. The Bertz CT molecular complexity index is 2050. The number of hydrogen-bond donors (Lipinski definition) is 5. The highest BCUT2D eigenvalue weighted by atomic mass is 35.5. The molecular weight excluding hydrogens is 939 g/mol. The van der Waals surface area contributed by atoms with E-state index in [0.717, 1.165) is 16.2 Å². The zero-order valence-electron chi connectivity index (χ0n) is 37.9. The van der Waals surface area contributed by atoms with Crippen molar-refractivity contribution in [3.05, 3.63) is 33.8 Å². The lowest BCUT2D eigenvalue weighted by Crippen LogP contribution is -2.71. The largest absolute Gasteiger partial charge is 0.426 e. The quantitative estimate of drug-likeness (QED) is 0.203. The summed E-state index contributed by atoms with van der Waals surface area (Å²) < 4.78 is 84.9. The Morgan fingerprint density at radius 2 is 1.66 bits per heavy atom.